The maximum absolute atomic E-state index is 12.6. The quantitative estimate of drug-likeness (QED) is 0.544. The zero-order valence-corrected chi connectivity index (χ0v) is 11.8. The average Bonchev–Trinajstić information content (AvgIpc) is 2.74. The molecule has 0 spiro atoms. The van der Waals surface area contributed by atoms with Crippen LogP contribution in [0.15, 0.2) is 12.2 Å². The van der Waals surface area contributed by atoms with Gasteiger partial charge in [0.1, 0.15) is 5.54 Å². The summed E-state index contributed by atoms with van der Waals surface area (Å²) in [5, 5.41) is 9.65. The third-order valence-corrected chi connectivity index (χ3v) is 5.25. The molecule has 0 radical (unpaired) electrons. The lowest BCUT2D eigenvalue weighted by atomic mass is 9.77. The molecule has 4 nitrogen and oxygen atoms in total. The number of hydrogen-bond acceptors (Lipinski definition) is 3. The Morgan fingerprint density at radius 2 is 1.65 bits per heavy atom. The lowest BCUT2D eigenvalue weighted by Crippen LogP contribution is -2.53. The molecule has 2 aliphatic carbocycles. The number of hydrogen-bond donors (Lipinski definition) is 0. The predicted molar refractivity (Wildman–Crippen MR) is 73.2 cm³/mol. The maximum Gasteiger partial charge on any atom is 0.234 e. The molecule has 2 amide bonds. The minimum absolute atomic E-state index is 0.111. The molecule has 0 aromatic heterocycles. The number of rotatable bonds is 1. The van der Waals surface area contributed by atoms with Gasteiger partial charge in [0.2, 0.25) is 11.8 Å². The van der Waals surface area contributed by atoms with E-state index in [2.05, 4.69) is 13.0 Å². The summed E-state index contributed by atoms with van der Waals surface area (Å²) in [6, 6.07) is 2.31. The first-order chi connectivity index (χ1) is 9.59. The van der Waals surface area contributed by atoms with Crippen LogP contribution in [-0.2, 0) is 9.59 Å². The fourth-order valence-corrected chi connectivity index (χ4v) is 3.85. The number of likely N-dealkylation sites (tertiary alicyclic amines) is 1. The van der Waals surface area contributed by atoms with E-state index in [0.29, 0.717) is 31.6 Å². The Morgan fingerprint density at radius 3 is 2.10 bits per heavy atom. The van der Waals surface area contributed by atoms with Crippen LogP contribution >= 0.6 is 0 Å². The van der Waals surface area contributed by atoms with Gasteiger partial charge in [-0.1, -0.05) is 19.1 Å². The fraction of sp³-hybridized carbons (Fsp3) is 0.688. The van der Waals surface area contributed by atoms with Crippen LogP contribution in [0.3, 0.4) is 0 Å². The molecule has 0 N–H and O–H groups in total. The Labute approximate surface area is 119 Å². The molecule has 1 heterocycles. The van der Waals surface area contributed by atoms with Gasteiger partial charge in [-0.3, -0.25) is 14.5 Å². The Balaban J connectivity index is 1.91. The van der Waals surface area contributed by atoms with Crippen molar-refractivity contribution in [3.63, 3.8) is 0 Å². The van der Waals surface area contributed by atoms with Crippen molar-refractivity contribution >= 4 is 11.8 Å². The Bertz CT molecular complexity index is 483. The van der Waals surface area contributed by atoms with Gasteiger partial charge in [0.25, 0.3) is 0 Å². The third-order valence-electron chi connectivity index (χ3n) is 5.25. The van der Waals surface area contributed by atoms with Gasteiger partial charge >= 0.3 is 0 Å². The molecule has 2 atom stereocenters. The van der Waals surface area contributed by atoms with E-state index >= 15 is 0 Å². The smallest absolute Gasteiger partial charge is 0.234 e. The first-order valence-electron chi connectivity index (χ1n) is 7.53. The van der Waals surface area contributed by atoms with Gasteiger partial charge in [0.15, 0.2) is 0 Å². The average molecular weight is 272 g/mol. The number of nitriles is 1. The van der Waals surface area contributed by atoms with Crippen molar-refractivity contribution in [2.45, 2.75) is 51.0 Å². The van der Waals surface area contributed by atoms with Crippen LogP contribution in [0.1, 0.15) is 45.4 Å². The lowest BCUT2D eigenvalue weighted by molar-refractivity contribution is -0.146. The van der Waals surface area contributed by atoms with Crippen molar-refractivity contribution in [3.8, 4) is 6.07 Å². The SMILES string of the molecule is CC1CCC(C#N)(N2C(=O)[C@H]3CC=CC[C@H]3C2=O)CC1. The van der Waals surface area contributed by atoms with Crippen LogP contribution in [0.4, 0.5) is 0 Å². The summed E-state index contributed by atoms with van der Waals surface area (Å²) in [4.78, 5) is 26.6. The van der Waals surface area contributed by atoms with Crippen molar-refractivity contribution in [3.05, 3.63) is 12.2 Å². The molecule has 1 aliphatic heterocycles. The summed E-state index contributed by atoms with van der Waals surface area (Å²) in [6.45, 7) is 2.17. The van der Waals surface area contributed by atoms with Crippen LogP contribution in [-0.4, -0.2) is 22.3 Å². The normalized spacial score (nSPS) is 40.6. The predicted octanol–water partition coefficient (Wildman–Crippen LogP) is 2.41. The number of amides is 2. The zero-order chi connectivity index (χ0) is 14.3. The monoisotopic (exact) mass is 272 g/mol. The highest BCUT2D eigenvalue weighted by Crippen LogP contribution is 2.44. The number of fused-ring (bicyclic) bond motifs is 1. The van der Waals surface area contributed by atoms with Gasteiger partial charge in [-0.2, -0.15) is 5.26 Å². The molecule has 4 heteroatoms. The summed E-state index contributed by atoms with van der Waals surface area (Å²) < 4.78 is 0. The number of carbonyl (C=O) groups excluding carboxylic acids is 2. The van der Waals surface area contributed by atoms with Gasteiger partial charge in [0, 0.05) is 0 Å². The highest BCUT2D eigenvalue weighted by atomic mass is 16.2. The lowest BCUT2D eigenvalue weighted by Gasteiger charge is -2.39. The highest BCUT2D eigenvalue weighted by Gasteiger charge is 2.55. The van der Waals surface area contributed by atoms with Crippen LogP contribution in [0.2, 0.25) is 0 Å². The first-order valence-corrected chi connectivity index (χ1v) is 7.53. The van der Waals surface area contributed by atoms with E-state index in [1.54, 1.807) is 0 Å². The Hall–Kier alpha value is -1.63. The molecule has 20 heavy (non-hydrogen) atoms. The molecular weight excluding hydrogens is 252 g/mol. The molecule has 0 aromatic carbocycles. The Morgan fingerprint density at radius 1 is 1.15 bits per heavy atom. The minimum atomic E-state index is -0.877. The van der Waals surface area contributed by atoms with Gasteiger partial charge in [-0.25, -0.2) is 0 Å². The van der Waals surface area contributed by atoms with E-state index in [4.69, 9.17) is 0 Å². The summed E-state index contributed by atoms with van der Waals surface area (Å²) in [6.07, 6.45) is 8.35. The van der Waals surface area contributed by atoms with E-state index in [1.165, 1.54) is 4.90 Å². The first kappa shape index (κ1) is 13.4. The van der Waals surface area contributed by atoms with Gasteiger partial charge < -0.3 is 0 Å². The van der Waals surface area contributed by atoms with Crippen molar-refractivity contribution in [1.29, 1.82) is 5.26 Å². The van der Waals surface area contributed by atoms with Crippen LogP contribution < -0.4 is 0 Å². The molecule has 3 rings (SSSR count). The van der Waals surface area contributed by atoms with Crippen molar-refractivity contribution < 1.29 is 9.59 Å². The highest BCUT2D eigenvalue weighted by molar-refractivity contribution is 6.06. The number of imide groups is 1. The van der Waals surface area contributed by atoms with Crippen molar-refractivity contribution in [1.82, 2.24) is 4.90 Å². The number of nitrogens with zero attached hydrogens (tertiary/aromatic N) is 2. The van der Waals surface area contributed by atoms with E-state index in [-0.39, 0.29) is 23.7 Å². The summed E-state index contributed by atoms with van der Waals surface area (Å²) in [5.41, 5.74) is -0.877. The third kappa shape index (κ3) is 1.80. The standard InChI is InChI=1S/C16H20N2O2/c1-11-6-8-16(10-17,9-7-11)18-14(19)12-4-2-3-5-13(12)15(18)20/h2-3,11-13H,4-9H2,1H3/t11?,12-,13+,16?. The molecule has 1 saturated carbocycles. The van der Waals surface area contributed by atoms with Crippen LogP contribution in [0, 0.1) is 29.1 Å². The van der Waals surface area contributed by atoms with E-state index in [9.17, 15) is 14.9 Å². The van der Waals surface area contributed by atoms with E-state index in [1.807, 2.05) is 12.2 Å². The minimum Gasteiger partial charge on any atom is -0.274 e. The van der Waals surface area contributed by atoms with Crippen molar-refractivity contribution in [2.75, 3.05) is 0 Å². The zero-order valence-electron chi connectivity index (χ0n) is 11.8. The summed E-state index contributed by atoms with van der Waals surface area (Å²) in [5.74, 6) is -0.0942. The molecule has 2 fully saturated rings. The second kappa shape index (κ2) is 4.73. The van der Waals surface area contributed by atoms with Gasteiger partial charge in [0.05, 0.1) is 17.9 Å². The van der Waals surface area contributed by atoms with E-state index < -0.39 is 5.54 Å². The molecule has 1 saturated heterocycles. The summed E-state index contributed by atoms with van der Waals surface area (Å²) in [7, 11) is 0. The number of carbonyl (C=O) groups is 2. The largest absolute Gasteiger partial charge is 0.274 e. The molecule has 106 valence electrons. The van der Waals surface area contributed by atoms with E-state index in [0.717, 1.165) is 12.8 Å². The van der Waals surface area contributed by atoms with Crippen LogP contribution in [0.25, 0.3) is 0 Å². The number of allylic oxidation sites excluding steroid dienone is 2. The Kier molecular flexibility index (Phi) is 3.16. The molecule has 0 unspecified atom stereocenters. The maximum atomic E-state index is 12.6. The summed E-state index contributed by atoms with van der Waals surface area (Å²) >= 11 is 0. The topological polar surface area (TPSA) is 61.2 Å². The molecule has 0 bridgehead atoms. The molecular formula is C16H20N2O2. The van der Waals surface area contributed by atoms with Gasteiger partial charge in [-0.05, 0) is 44.4 Å². The molecule has 0 aromatic rings. The van der Waals surface area contributed by atoms with Gasteiger partial charge in [-0.15, -0.1) is 0 Å². The van der Waals surface area contributed by atoms with Crippen LogP contribution in [0.5, 0.6) is 0 Å². The molecule has 3 aliphatic rings. The second-order valence-corrected chi connectivity index (χ2v) is 6.49. The fourth-order valence-electron chi connectivity index (χ4n) is 3.85. The van der Waals surface area contributed by atoms with Crippen molar-refractivity contribution in [2.24, 2.45) is 17.8 Å². The second-order valence-electron chi connectivity index (χ2n) is 6.49.